The molecule has 0 bridgehead atoms. The van der Waals surface area contributed by atoms with Gasteiger partial charge in [-0.2, -0.15) is 0 Å². The Labute approximate surface area is 187 Å². The molecule has 0 saturated heterocycles. The lowest BCUT2D eigenvalue weighted by Crippen LogP contribution is -2.39. The maximum Gasteiger partial charge on any atom is 0.262 e. The van der Waals surface area contributed by atoms with E-state index in [1.807, 2.05) is 12.3 Å². The van der Waals surface area contributed by atoms with Crippen LogP contribution in [0, 0.1) is 0 Å². The van der Waals surface area contributed by atoms with Crippen LogP contribution in [0.5, 0.6) is 0 Å². The van der Waals surface area contributed by atoms with Crippen LogP contribution in [0.2, 0.25) is 10.0 Å². The molecule has 158 valence electrons. The number of halogens is 2. The highest BCUT2D eigenvalue weighted by molar-refractivity contribution is 7.16. The molecule has 10 heteroatoms. The number of rotatable bonds is 8. The Balaban J connectivity index is 1.62. The van der Waals surface area contributed by atoms with Gasteiger partial charge in [0.05, 0.1) is 29.0 Å². The number of carbonyl (C=O) groups is 2. The number of nitrogens with one attached hydrogen (secondary N) is 1. The SMILES string of the molecule is CCCN(CC(=O)Nc1ccc(Cl)cc1Cl)C(=O)CCn1cnc2sccc2c1=O. The molecule has 0 fully saturated rings. The molecule has 1 aromatic carbocycles. The summed E-state index contributed by atoms with van der Waals surface area (Å²) in [4.78, 5) is 44.0. The summed E-state index contributed by atoms with van der Waals surface area (Å²) in [5, 5.41) is 5.83. The van der Waals surface area contributed by atoms with Crippen molar-refractivity contribution in [3.63, 3.8) is 0 Å². The monoisotopic (exact) mass is 466 g/mol. The van der Waals surface area contributed by atoms with Gasteiger partial charge in [-0.25, -0.2) is 4.98 Å². The summed E-state index contributed by atoms with van der Waals surface area (Å²) < 4.78 is 1.42. The van der Waals surface area contributed by atoms with Crippen LogP contribution in [-0.4, -0.2) is 39.4 Å². The van der Waals surface area contributed by atoms with E-state index in [-0.39, 0.29) is 36.9 Å². The number of benzene rings is 1. The van der Waals surface area contributed by atoms with Crippen LogP contribution in [0.4, 0.5) is 5.69 Å². The maximum atomic E-state index is 12.7. The second-order valence-corrected chi connectivity index (χ2v) is 8.36. The second-order valence-electron chi connectivity index (χ2n) is 6.62. The largest absolute Gasteiger partial charge is 0.333 e. The van der Waals surface area contributed by atoms with Gasteiger partial charge < -0.3 is 10.2 Å². The molecular formula is C20H20Cl2N4O3S. The molecule has 0 unspecified atom stereocenters. The van der Waals surface area contributed by atoms with Crippen molar-refractivity contribution in [3.8, 4) is 0 Å². The summed E-state index contributed by atoms with van der Waals surface area (Å²) in [5.74, 6) is -0.578. The van der Waals surface area contributed by atoms with Gasteiger partial charge in [-0.1, -0.05) is 30.1 Å². The zero-order valence-corrected chi connectivity index (χ0v) is 18.6. The fourth-order valence-corrected chi connectivity index (χ4v) is 4.12. The van der Waals surface area contributed by atoms with E-state index in [0.717, 1.165) is 0 Å². The van der Waals surface area contributed by atoms with Gasteiger partial charge in [-0.15, -0.1) is 11.3 Å². The molecule has 0 radical (unpaired) electrons. The zero-order valence-electron chi connectivity index (χ0n) is 16.2. The van der Waals surface area contributed by atoms with E-state index < -0.39 is 0 Å². The quantitative estimate of drug-likeness (QED) is 0.542. The number of nitrogens with zero attached hydrogens (tertiary/aromatic N) is 3. The lowest BCUT2D eigenvalue weighted by molar-refractivity contribution is -0.134. The standard InChI is InChI=1S/C20H20Cl2N4O3S/c1-2-7-25(11-17(27)24-16-4-3-13(21)10-15(16)22)18(28)5-8-26-12-23-19-14(20(26)29)6-9-30-19/h3-4,6,9-10,12H,2,5,7-8,11H2,1H3,(H,24,27). The summed E-state index contributed by atoms with van der Waals surface area (Å²) in [6.45, 7) is 2.44. The molecule has 30 heavy (non-hydrogen) atoms. The Morgan fingerprint density at radius 3 is 2.80 bits per heavy atom. The normalized spacial score (nSPS) is 10.9. The first kappa shape index (κ1) is 22.3. The molecule has 2 aromatic heterocycles. The zero-order chi connectivity index (χ0) is 21.7. The van der Waals surface area contributed by atoms with Crippen molar-refractivity contribution in [2.45, 2.75) is 26.3 Å². The molecule has 3 aromatic rings. The molecule has 0 saturated carbocycles. The highest BCUT2D eigenvalue weighted by Crippen LogP contribution is 2.25. The molecule has 2 heterocycles. The first-order chi connectivity index (χ1) is 14.4. The van der Waals surface area contributed by atoms with Gasteiger partial charge >= 0.3 is 0 Å². The fourth-order valence-electron chi connectivity index (χ4n) is 2.94. The summed E-state index contributed by atoms with van der Waals surface area (Å²) in [6, 6.07) is 6.48. The van der Waals surface area contributed by atoms with Crippen LogP contribution in [-0.2, 0) is 16.1 Å². The highest BCUT2D eigenvalue weighted by Gasteiger charge is 2.18. The number of hydrogen-bond acceptors (Lipinski definition) is 5. The van der Waals surface area contributed by atoms with Crippen LogP contribution >= 0.6 is 34.5 Å². The highest BCUT2D eigenvalue weighted by atomic mass is 35.5. The molecule has 0 spiro atoms. The molecular weight excluding hydrogens is 447 g/mol. The Hall–Kier alpha value is -2.42. The van der Waals surface area contributed by atoms with Crippen LogP contribution < -0.4 is 10.9 Å². The Bertz CT molecular complexity index is 1130. The van der Waals surface area contributed by atoms with Gasteiger partial charge in [0, 0.05) is 24.5 Å². The average Bonchev–Trinajstić information content (AvgIpc) is 3.19. The lowest BCUT2D eigenvalue weighted by Gasteiger charge is -2.22. The van der Waals surface area contributed by atoms with Crippen molar-refractivity contribution >= 4 is 62.3 Å². The molecule has 2 amide bonds. The van der Waals surface area contributed by atoms with Crippen molar-refractivity contribution in [1.29, 1.82) is 0 Å². The first-order valence-corrected chi connectivity index (χ1v) is 11.0. The van der Waals surface area contributed by atoms with Gasteiger partial charge in [0.1, 0.15) is 4.83 Å². The smallest absolute Gasteiger partial charge is 0.262 e. The van der Waals surface area contributed by atoms with E-state index in [9.17, 15) is 14.4 Å². The van der Waals surface area contributed by atoms with Gasteiger partial charge in [0.15, 0.2) is 0 Å². The first-order valence-electron chi connectivity index (χ1n) is 9.34. The van der Waals surface area contributed by atoms with Crippen molar-refractivity contribution in [3.05, 3.63) is 56.4 Å². The number of aryl methyl sites for hydroxylation is 1. The summed E-state index contributed by atoms with van der Waals surface area (Å²) in [5.41, 5.74) is 0.253. The summed E-state index contributed by atoms with van der Waals surface area (Å²) >= 11 is 13.3. The molecule has 0 aliphatic heterocycles. The lowest BCUT2D eigenvalue weighted by atomic mass is 10.3. The number of amides is 2. The van der Waals surface area contributed by atoms with E-state index in [1.54, 1.807) is 18.2 Å². The predicted octanol–water partition coefficient (Wildman–Crippen LogP) is 4.03. The Kier molecular flexibility index (Phi) is 7.47. The third-order valence-corrected chi connectivity index (χ3v) is 5.77. The molecule has 7 nitrogen and oxygen atoms in total. The van der Waals surface area contributed by atoms with E-state index >= 15 is 0 Å². The van der Waals surface area contributed by atoms with Crippen molar-refractivity contribution in [2.75, 3.05) is 18.4 Å². The minimum atomic E-state index is -0.362. The number of anilines is 1. The molecule has 1 N–H and O–H groups in total. The number of thiophene rings is 1. The Morgan fingerprint density at radius 2 is 2.07 bits per heavy atom. The van der Waals surface area contributed by atoms with Gasteiger partial charge in [-0.05, 0) is 36.1 Å². The minimum Gasteiger partial charge on any atom is -0.333 e. The minimum absolute atomic E-state index is 0.0895. The second kappa shape index (κ2) is 10.1. The number of carbonyl (C=O) groups excluding carboxylic acids is 2. The number of aromatic nitrogens is 2. The van der Waals surface area contributed by atoms with Crippen molar-refractivity contribution in [1.82, 2.24) is 14.5 Å². The molecule has 3 rings (SSSR count). The van der Waals surface area contributed by atoms with Crippen LogP contribution in [0.15, 0.2) is 40.8 Å². The van der Waals surface area contributed by atoms with Gasteiger partial charge in [0.2, 0.25) is 11.8 Å². The summed E-state index contributed by atoms with van der Waals surface area (Å²) in [6.07, 6.45) is 2.24. The van der Waals surface area contributed by atoms with E-state index in [0.29, 0.717) is 38.9 Å². The van der Waals surface area contributed by atoms with E-state index in [1.165, 1.54) is 33.2 Å². The fraction of sp³-hybridized carbons (Fsp3) is 0.300. The van der Waals surface area contributed by atoms with Gasteiger partial charge in [-0.3, -0.25) is 19.0 Å². The van der Waals surface area contributed by atoms with E-state index in [4.69, 9.17) is 23.2 Å². The number of fused-ring (bicyclic) bond motifs is 1. The van der Waals surface area contributed by atoms with Crippen molar-refractivity contribution < 1.29 is 9.59 Å². The van der Waals surface area contributed by atoms with Crippen molar-refractivity contribution in [2.24, 2.45) is 0 Å². The predicted molar refractivity (Wildman–Crippen MR) is 120 cm³/mol. The van der Waals surface area contributed by atoms with Crippen LogP contribution in [0.1, 0.15) is 19.8 Å². The molecule has 0 atom stereocenters. The topological polar surface area (TPSA) is 84.3 Å². The van der Waals surface area contributed by atoms with Gasteiger partial charge in [0.25, 0.3) is 5.56 Å². The molecule has 0 aliphatic rings. The summed E-state index contributed by atoms with van der Waals surface area (Å²) in [7, 11) is 0. The third kappa shape index (κ3) is 5.38. The number of hydrogen-bond donors (Lipinski definition) is 1. The Morgan fingerprint density at radius 1 is 1.27 bits per heavy atom. The van der Waals surface area contributed by atoms with E-state index in [2.05, 4.69) is 10.3 Å². The van der Waals surface area contributed by atoms with Crippen LogP contribution in [0.3, 0.4) is 0 Å². The maximum absolute atomic E-state index is 12.7. The molecule has 0 aliphatic carbocycles. The van der Waals surface area contributed by atoms with Crippen LogP contribution in [0.25, 0.3) is 10.2 Å². The third-order valence-electron chi connectivity index (χ3n) is 4.40. The average molecular weight is 467 g/mol.